The van der Waals surface area contributed by atoms with Crippen molar-refractivity contribution in [3.63, 3.8) is 0 Å². The van der Waals surface area contributed by atoms with Crippen molar-refractivity contribution in [1.29, 1.82) is 0 Å². The van der Waals surface area contributed by atoms with Crippen LogP contribution in [0.4, 0.5) is 10.7 Å². The molecule has 6 nitrogen and oxygen atoms in total. The Labute approximate surface area is 177 Å². The van der Waals surface area contributed by atoms with Gasteiger partial charge in [-0.15, -0.1) is 11.3 Å². The van der Waals surface area contributed by atoms with Crippen molar-refractivity contribution < 1.29 is 14.4 Å². The molecule has 3 N–H and O–H groups in total. The zero-order chi connectivity index (χ0) is 20.6. The van der Waals surface area contributed by atoms with Crippen LogP contribution < -0.4 is 16.0 Å². The summed E-state index contributed by atoms with van der Waals surface area (Å²) in [6, 6.07) is 7.42. The molecule has 1 aliphatic carbocycles. The van der Waals surface area contributed by atoms with Gasteiger partial charge in [-0.05, 0) is 57.2 Å². The summed E-state index contributed by atoms with van der Waals surface area (Å²) in [5, 5.41) is 9.14. The average molecular weight is 430 g/mol. The van der Waals surface area contributed by atoms with E-state index < -0.39 is 10.7 Å². The molecule has 2 heterocycles. The third kappa shape index (κ3) is 3.55. The van der Waals surface area contributed by atoms with Gasteiger partial charge in [0.05, 0.1) is 11.3 Å². The Balaban J connectivity index is 1.65. The van der Waals surface area contributed by atoms with Crippen LogP contribution in [0, 0.1) is 0 Å². The number of rotatable bonds is 4. The standard InChI is InChI=1S/C21H23N3O3S2/c1-3-22-17(25)16-12-8-4-6-10-14(12)28-18(16)24-20(27)21(2)19(26)23-13-9-5-7-11-15(13)29-21/h5,7,9,11H,3-4,6,8,10H2,1-2H3,(H,22,25)(H,23,26)(H,24,27). The average Bonchev–Trinajstić information content (AvgIpc) is 3.07. The Morgan fingerprint density at radius 3 is 2.76 bits per heavy atom. The van der Waals surface area contributed by atoms with E-state index in [0.29, 0.717) is 22.8 Å². The van der Waals surface area contributed by atoms with Crippen molar-refractivity contribution in [1.82, 2.24) is 5.32 Å². The van der Waals surface area contributed by atoms with Crippen LogP contribution in [-0.2, 0) is 22.4 Å². The molecule has 0 saturated heterocycles. The zero-order valence-electron chi connectivity index (χ0n) is 16.4. The molecule has 8 heteroatoms. The molecule has 0 bridgehead atoms. The van der Waals surface area contributed by atoms with Gasteiger partial charge in [-0.3, -0.25) is 14.4 Å². The second-order valence-corrected chi connectivity index (χ2v) is 9.88. The molecule has 0 saturated carbocycles. The van der Waals surface area contributed by atoms with E-state index in [1.54, 1.807) is 6.92 Å². The highest BCUT2D eigenvalue weighted by Crippen LogP contribution is 2.44. The van der Waals surface area contributed by atoms with Gasteiger partial charge >= 0.3 is 0 Å². The molecule has 1 atom stereocenters. The Bertz CT molecular complexity index is 1000. The van der Waals surface area contributed by atoms with E-state index in [4.69, 9.17) is 0 Å². The van der Waals surface area contributed by atoms with Crippen LogP contribution in [0.15, 0.2) is 29.2 Å². The monoisotopic (exact) mass is 429 g/mol. The van der Waals surface area contributed by atoms with Crippen molar-refractivity contribution in [2.24, 2.45) is 0 Å². The lowest BCUT2D eigenvalue weighted by atomic mass is 9.95. The second kappa shape index (κ2) is 7.84. The summed E-state index contributed by atoms with van der Waals surface area (Å²) in [7, 11) is 0. The molecule has 2 aromatic rings. The van der Waals surface area contributed by atoms with E-state index in [9.17, 15) is 14.4 Å². The summed E-state index contributed by atoms with van der Waals surface area (Å²) >= 11 is 2.69. The van der Waals surface area contributed by atoms with Crippen LogP contribution in [0.5, 0.6) is 0 Å². The van der Waals surface area contributed by atoms with Gasteiger partial charge in [0.2, 0.25) is 5.91 Å². The van der Waals surface area contributed by atoms with Crippen molar-refractivity contribution >= 4 is 51.5 Å². The molecular formula is C21H23N3O3S2. The molecule has 1 aromatic carbocycles. The Hall–Kier alpha value is -2.32. The molecule has 0 radical (unpaired) electrons. The number of anilines is 2. The largest absolute Gasteiger partial charge is 0.352 e. The van der Waals surface area contributed by atoms with E-state index in [1.165, 1.54) is 23.1 Å². The zero-order valence-corrected chi connectivity index (χ0v) is 18.0. The number of amides is 3. The minimum Gasteiger partial charge on any atom is -0.352 e. The van der Waals surface area contributed by atoms with Gasteiger partial charge in [0.1, 0.15) is 5.00 Å². The van der Waals surface area contributed by atoms with Gasteiger partial charge in [0.25, 0.3) is 11.8 Å². The third-order valence-corrected chi connectivity index (χ3v) is 7.84. The van der Waals surface area contributed by atoms with Gasteiger partial charge in [0, 0.05) is 16.3 Å². The topological polar surface area (TPSA) is 87.3 Å². The number of carbonyl (C=O) groups is 3. The number of thiophene rings is 1. The SMILES string of the molecule is CCNC(=O)c1c(NC(=O)C2(C)Sc3ccccc3NC2=O)sc2c1CCCC2. The summed E-state index contributed by atoms with van der Waals surface area (Å²) in [4.78, 5) is 40.7. The highest BCUT2D eigenvalue weighted by molar-refractivity contribution is 8.02. The van der Waals surface area contributed by atoms with E-state index in [1.807, 2.05) is 31.2 Å². The van der Waals surface area contributed by atoms with Gasteiger partial charge in [-0.1, -0.05) is 23.9 Å². The predicted molar refractivity (Wildman–Crippen MR) is 117 cm³/mol. The molecule has 3 amide bonds. The number of hydrogen-bond acceptors (Lipinski definition) is 5. The number of aryl methyl sites for hydroxylation is 1. The van der Waals surface area contributed by atoms with Gasteiger partial charge in [-0.2, -0.15) is 0 Å². The quantitative estimate of drug-likeness (QED) is 0.645. The van der Waals surface area contributed by atoms with Crippen molar-refractivity contribution in [3.05, 3.63) is 40.3 Å². The summed E-state index contributed by atoms with van der Waals surface area (Å²) in [6.45, 7) is 4.01. The molecule has 0 spiro atoms. The molecule has 1 unspecified atom stereocenters. The van der Waals surface area contributed by atoms with Crippen LogP contribution in [0.1, 0.15) is 47.5 Å². The highest BCUT2D eigenvalue weighted by atomic mass is 32.2. The molecule has 0 fully saturated rings. The molecule has 152 valence electrons. The van der Waals surface area contributed by atoms with Gasteiger partial charge < -0.3 is 16.0 Å². The number of fused-ring (bicyclic) bond motifs is 2. The number of para-hydroxylation sites is 1. The fourth-order valence-electron chi connectivity index (χ4n) is 3.68. The first-order valence-electron chi connectivity index (χ1n) is 9.77. The lowest BCUT2D eigenvalue weighted by Gasteiger charge is -2.31. The molecule has 29 heavy (non-hydrogen) atoms. The fraction of sp³-hybridized carbons (Fsp3) is 0.381. The van der Waals surface area contributed by atoms with Crippen LogP contribution in [0.3, 0.4) is 0 Å². The second-order valence-electron chi connectivity index (χ2n) is 7.31. The van der Waals surface area contributed by atoms with Crippen LogP contribution in [0.2, 0.25) is 0 Å². The van der Waals surface area contributed by atoms with Crippen LogP contribution in [-0.4, -0.2) is 29.0 Å². The predicted octanol–water partition coefficient (Wildman–Crippen LogP) is 3.82. The summed E-state index contributed by atoms with van der Waals surface area (Å²) < 4.78 is -1.32. The number of benzene rings is 1. The van der Waals surface area contributed by atoms with Crippen molar-refractivity contribution in [3.8, 4) is 0 Å². The van der Waals surface area contributed by atoms with Crippen molar-refractivity contribution in [2.75, 3.05) is 17.2 Å². The normalized spacial score (nSPS) is 20.3. The number of hydrogen-bond donors (Lipinski definition) is 3. The van der Waals surface area contributed by atoms with Gasteiger partial charge in [-0.25, -0.2) is 0 Å². The minimum atomic E-state index is -1.32. The fourth-order valence-corrected chi connectivity index (χ4v) is 6.07. The van der Waals surface area contributed by atoms with Crippen LogP contribution >= 0.6 is 23.1 Å². The summed E-state index contributed by atoms with van der Waals surface area (Å²) in [5.41, 5.74) is 2.31. The summed E-state index contributed by atoms with van der Waals surface area (Å²) in [5.74, 6) is -0.948. The molecule has 1 aromatic heterocycles. The number of nitrogens with one attached hydrogen (secondary N) is 3. The summed E-state index contributed by atoms with van der Waals surface area (Å²) in [6.07, 6.45) is 3.88. The van der Waals surface area contributed by atoms with E-state index in [2.05, 4.69) is 16.0 Å². The molecular weight excluding hydrogens is 406 g/mol. The lowest BCUT2D eigenvalue weighted by Crippen LogP contribution is -2.49. The smallest absolute Gasteiger partial charge is 0.254 e. The lowest BCUT2D eigenvalue weighted by molar-refractivity contribution is -0.126. The maximum Gasteiger partial charge on any atom is 0.254 e. The first-order chi connectivity index (χ1) is 13.9. The Kier molecular flexibility index (Phi) is 5.40. The maximum absolute atomic E-state index is 13.2. The highest BCUT2D eigenvalue weighted by Gasteiger charge is 2.46. The molecule has 2 aliphatic rings. The first-order valence-corrected chi connectivity index (χ1v) is 11.4. The van der Waals surface area contributed by atoms with Crippen LogP contribution in [0.25, 0.3) is 0 Å². The molecule has 4 rings (SSSR count). The number of carbonyl (C=O) groups excluding carboxylic acids is 3. The van der Waals surface area contributed by atoms with E-state index in [-0.39, 0.29) is 11.8 Å². The van der Waals surface area contributed by atoms with Crippen molar-refractivity contribution in [2.45, 2.75) is 49.2 Å². The third-order valence-electron chi connectivity index (χ3n) is 5.28. The van der Waals surface area contributed by atoms with E-state index in [0.717, 1.165) is 41.0 Å². The Morgan fingerprint density at radius 1 is 1.21 bits per heavy atom. The number of thioether (sulfide) groups is 1. The maximum atomic E-state index is 13.2. The van der Waals surface area contributed by atoms with Gasteiger partial charge in [0.15, 0.2) is 4.75 Å². The molecule has 1 aliphatic heterocycles. The van der Waals surface area contributed by atoms with E-state index >= 15 is 0 Å². The Morgan fingerprint density at radius 2 is 1.97 bits per heavy atom. The first kappa shape index (κ1) is 20.0. The minimum absolute atomic E-state index is 0.168.